The number of carbonyl (C=O) groups excluding carboxylic acids is 1. The van der Waals surface area contributed by atoms with Crippen molar-refractivity contribution in [3.63, 3.8) is 0 Å². The van der Waals surface area contributed by atoms with E-state index in [1.54, 1.807) is 18.3 Å². The van der Waals surface area contributed by atoms with Gasteiger partial charge in [-0.2, -0.15) is 0 Å². The van der Waals surface area contributed by atoms with E-state index >= 15 is 0 Å². The average Bonchev–Trinajstić information content (AvgIpc) is 3.54. The first-order valence-corrected chi connectivity index (χ1v) is 10.5. The van der Waals surface area contributed by atoms with Crippen molar-refractivity contribution in [3.05, 3.63) is 77.0 Å². The van der Waals surface area contributed by atoms with Crippen LogP contribution in [0.4, 0.5) is 5.82 Å². The van der Waals surface area contributed by atoms with Crippen LogP contribution in [0.3, 0.4) is 0 Å². The maximum Gasteiger partial charge on any atom is 0.246 e. The lowest BCUT2D eigenvalue weighted by Crippen LogP contribution is -2.41. The number of pyridine rings is 1. The minimum absolute atomic E-state index is 0.212. The highest BCUT2D eigenvalue weighted by atomic mass is 35.5. The zero-order valence-corrected chi connectivity index (χ0v) is 18.2. The minimum Gasteiger partial charge on any atom is -0.489 e. The third kappa shape index (κ3) is 4.24. The van der Waals surface area contributed by atoms with Gasteiger partial charge in [0.25, 0.3) is 0 Å². The molecule has 1 fully saturated rings. The molecule has 8 heteroatoms. The van der Waals surface area contributed by atoms with Crippen LogP contribution in [-0.2, 0) is 16.6 Å². The predicted molar refractivity (Wildman–Crippen MR) is 119 cm³/mol. The van der Waals surface area contributed by atoms with Gasteiger partial charge < -0.3 is 4.74 Å². The van der Waals surface area contributed by atoms with Crippen molar-refractivity contribution < 1.29 is 9.53 Å². The highest BCUT2D eigenvalue weighted by Crippen LogP contribution is 2.55. The van der Waals surface area contributed by atoms with Crippen LogP contribution in [0, 0.1) is 12.8 Å². The summed E-state index contributed by atoms with van der Waals surface area (Å²) in [7, 11) is 0. The first-order valence-electron chi connectivity index (χ1n) is 10.2. The Bertz CT molecular complexity index is 1080. The summed E-state index contributed by atoms with van der Waals surface area (Å²) in [6, 6.07) is 13.2. The van der Waals surface area contributed by atoms with Crippen LogP contribution in [0.15, 0.2) is 54.9 Å². The second-order valence-corrected chi connectivity index (χ2v) is 8.14. The molecule has 160 valence electrons. The Morgan fingerprint density at radius 1 is 1.23 bits per heavy atom. The second-order valence-electron chi connectivity index (χ2n) is 7.70. The van der Waals surface area contributed by atoms with Crippen LogP contribution in [-0.4, -0.2) is 27.5 Å². The number of hydrogen-bond donors (Lipinski definition) is 1. The van der Waals surface area contributed by atoms with E-state index in [4.69, 9.17) is 22.2 Å². The van der Waals surface area contributed by atoms with Gasteiger partial charge in [0.05, 0.1) is 29.4 Å². The first kappa shape index (κ1) is 21.2. The van der Waals surface area contributed by atoms with Crippen molar-refractivity contribution in [2.45, 2.75) is 32.1 Å². The summed E-state index contributed by atoms with van der Waals surface area (Å²) in [5.74, 6) is 7.32. The molecule has 0 unspecified atom stereocenters. The summed E-state index contributed by atoms with van der Waals surface area (Å²) in [6.45, 7) is 4.23. The van der Waals surface area contributed by atoms with Gasteiger partial charge in [0.2, 0.25) is 5.91 Å². The van der Waals surface area contributed by atoms with Crippen molar-refractivity contribution in [2.24, 2.45) is 11.8 Å². The topological polar surface area (TPSA) is 94.2 Å². The molecule has 0 saturated heterocycles. The number of aryl methyl sites for hydroxylation is 2. The Labute approximate surface area is 186 Å². The van der Waals surface area contributed by atoms with Crippen LogP contribution in [0.2, 0.25) is 5.02 Å². The van der Waals surface area contributed by atoms with E-state index in [0.717, 1.165) is 28.5 Å². The number of rotatable bonds is 7. The predicted octanol–water partition coefficient (Wildman–Crippen LogP) is 3.64. The molecule has 1 aromatic carbocycles. The van der Waals surface area contributed by atoms with Gasteiger partial charge in [0.1, 0.15) is 11.6 Å². The number of benzene rings is 1. The molecule has 1 amide bonds. The number of anilines is 1. The van der Waals surface area contributed by atoms with Crippen molar-refractivity contribution in [3.8, 4) is 5.75 Å². The molecule has 2 atom stereocenters. The van der Waals surface area contributed by atoms with Crippen molar-refractivity contribution in [2.75, 3.05) is 11.6 Å². The Balaban J connectivity index is 1.56. The maximum absolute atomic E-state index is 13.2. The number of amides is 1. The number of hydrazine groups is 1. The van der Waals surface area contributed by atoms with E-state index in [2.05, 4.69) is 15.0 Å². The fourth-order valence-electron chi connectivity index (χ4n) is 3.77. The number of nitrogens with zero attached hydrogens (tertiary/aromatic N) is 4. The molecule has 0 spiro atoms. The summed E-state index contributed by atoms with van der Waals surface area (Å²) in [4.78, 5) is 26.1. The van der Waals surface area contributed by atoms with Crippen LogP contribution < -0.4 is 15.6 Å². The molecule has 0 bridgehead atoms. The summed E-state index contributed by atoms with van der Waals surface area (Å²) in [5.41, 5.74) is 1.34. The van der Waals surface area contributed by atoms with Crippen LogP contribution in [0.25, 0.3) is 0 Å². The highest BCUT2D eigenvalue weighted by Gasteiger charge is 2.61. The van der Waals surface area contributed by atoms with Gasteiger partial charge in [-0.05, 0) is 31.0 Å². The number of hydrogen-bond acceptors (Lipinski definition) is 6. The average molecular weight is 438 g/mol. The molecule has 2 N–H and O–H groups in total. The van der Waals surface area contributed by atoms with Crippen LogP contribution in [0.5, 0.6) is 5.75 Å². The minimum atomic E-state index is -0.474. The number of ether oxygens (including phenoxy) is 1. The molecular weight excluding hydrogens is 414 g/mol. The monoisotopic (exact) mass is 437 g/mol. The number of halogens is 1. The largest absolute Gasteiger partial charge is 0.489 e. The molecule has 3 aromatic rings. The number of aromatic nitrogens is 3. The summed E-state index contributed by atoms with van der Waals surface area (Å²) >= 11 is 5.89. The van der Waals surface area contributed by atoms with Crippen molar-refractivity contribution in [1.29, 1.82) is 0 Å². The molecule has 0 aliphatic heterocycles. The number of nitrogens with two attached hydrogens (primary N) is 1. The van der Waals surface area contributed by atoms with Gasteiger partial charge in [-0.15, -0.1) is 0 Å². The Kier molecular flexibility index (Phi) is 5.89. The summed E-state index contributed by atoms with van der Waals surface area (Å²) in [6.07, 6.45) is 4.56. The normalized spacial score (nSPS) is 19.7. The SMILES string of the molecule is CCc1ncc(OC[C@@]2(c3ccccc3)C[C@H]2C(=O)N(N)c2ccc(Cl)cn2)c(C)n1. The highest BCUT2D eigenvalue weighted by molar-refractivity contribution is 6.30. The quantitative estimate of drug-likeness (QED) is 0.344. The maximum atomic E-state index is 13.2. The Morgan fingerprint density at radius 3 is 2.65 bits per heavy atom. The molecule has 4 rings (SSSR count). The molecule has 1 aliphatic carbocycles. The molecule has 0 radical (unpaired) electrons. The molecule has 1 saturated carbocycles. The zero-order valence-electron chi connectivity index (χ0n) is 17.5. The van der Waals surface area contributed by atoms with Crippen molar-refractivity contribution >= 4 is 23.3 Å². The third-order valence-electron chi connectivity index (χ3n) is 5.70. The lowest BCUT2D eigenvalue weighted by molar-refractivity contribution is -0.120. The zero-order chi connectivity index (χ0) is 22.0. The van der Waals surface area contributed by atoms with Gasteiger partial charge in [-0.1, -0.05) is 48.9 Å². The Hall–Kier alpha value is -3.03. The fraction of sp³-hybridized carbons (Fsp3) is 0.304. The van der Waals surface area contributed by atoms with E-state index in [0.29, 0.717) is 29.6 Å². The molecule has 31 heavy (non-hydrogen) atoms. The van der Waals surface area contributed by atoms with Gasteiger partial charge in [-0.3, -0.25) is 4.79 Å². The molecule has 2 heterocycles. The van der Waals surface area contributed by atoms with E-state index in [1.807, 2.05) is 44.2 Å². The van der Waals surface area contributed by atoms with E-state index in [9.17, 15) is 4.79 Å². The van der Waals surface area contributed by atoms with Crippen LogP contribution >= 0.6 is 11.6 Å². The first-order chi connectivity index (χ1) is 14.9. The van der Waals surface area contributed by atoms with Crippen LogP contribution in [0.1, 0.15) is 30.4 Å². The van der Waals surface area contributed by atoms with E-state index < -0.39 is 5.41 Å². The van der Waals surface area contributed by atoms with E-state index in [-0.39, 0.29) is 11.8 Å². The molecule has 1 aliphatic rings. The lowest BCUT2D eigenvalue weighted by atomic mass is 9.93. The fourth-order valence-corrected chi connectivity index (χ4v) is 3.89. The Morgan fingerprint density at radius 2 is 2.00 bits per heavy atom. The smallest absolute Gasteiger partial charge is 0.246 e. The van der Waals surface area contributed by atoms with Gasteiger partial charge in [0.15, 0.2) is 5.75 Å². The third-order valence-corrected chi connectivity index (χ3v) is 5.93. The summed E-state index contributed by atoms with van der Waals surface area (Å²) < 4.78 is 6.13. The van der Waals surface area contributed by atoms with Crippen molar-refractivity contribution in [1.82, 2.24) is 15.0 Å². The lowest BCUT2D eigenvalue weighted by Gasteiger charge is -2.22. The van der Waals surface area contributed by atoms with Gasteiger partial charge in [-0.25, -0.2) is 25.8 Å². The molecule has 2 aromatic heterocycles. The standard InChI is InChI=1S/C23H24ClN5O2/c1-3-20-26-13-19(15(2)28-20)31-14-23(16-7-5-4-6-8-16)11-18(23)22(30)29(25)21-10-9-17(24)12-27-21/h4-10,12-13,18H,3,11,14,25H2,1-2H3/t18-,23+/m0/s1. The van der Waals surface area contributed by atoms with E-state index in [1.165, 1.54) is 6.20 Å². The molecular formula is C23H24ClN5O2. The second kappa shape index (κ2) is 8.61. The summed E-state index contributed by atoms with van der Waals surface area (Å²) in [5, 5.41) is 1.57. The van der Waals surface area contributed by atoms with Gasteiger partial charge in [0, 0.05) is 18.0 Å². The number of carbonyl (C=O) groups is 1. The molecule has 7 nitrogen and oxygen atoms in total. The van der Waals surface area contributed by atoms with Gasteiger partial charge >= 0.3 is 0 Å².